The number of rotatable bonds is 13. The molecule has 0 heterocycles. The molecule has 0 saturated carbocycles. The highest BCUT2D eigenvalue weighted by Gasteiger charge is 2.04. The van der Waals surface area contributed by atoms with Gasteiger partial charge in [0.15, 0.2) is 11.6 Å². The lowest BCUT2D eigenvalue weighted by Crippen LogP contribution is -1.94. The van der Waals surface area contributed by atoms with E-state index in [0.29, 0.717) is 0 Å². The maximum Gasteiger partial charge on any atom is 0.298 e. The second kappa shape index (κ2) is 18.6. The Balaban J connectivity index is 0.000000562. The van der Waals surface area contributed by atoms with Gasteiger partial charge in [-0.25, -0.2) is 4.39 Å². The molecule has 2 rings (SSSR count). The number of aryl methyl sites for hydroxylation is 3. The lowest BCUT2D eigenvalue weighted by molar-refractivity contribution is -0.120. The second-order valence-electron chi connectivity index (χ2n) is 7.94. The van der Waals surface area contributed by atoms with E-state index in [2.05, 4.69) is 49.8 Å². The molecule has 0 amide bonds. The lowest BCUT2D eigenvalue weighted by Gasteiger charge is -2.03. The number of carbonyl (C=O) groups is 1. The minimum absolute atomic E-state index is 0. The molecule has 2 aromatic carbocycles. The van der Waals surface area contributed by atoms with Gasteiger partial charge in [-0.15, -0.1) is 0 Å². The Morgan fingerprint density at radius 3 is 1.90 bits per heavy atom. The molecule has 0 radical (unpaired) electrons. The normalized spacial score (nSPS) is 9.94. The van der Waals surface area contributed by atoms with Gasteiger partial charge in [0.25, 0.3) is 6.47 Å². The molecule has 0 atom stereocenters. The fraction of sp³-hybridized carbons (Fsp3) is 0.519. The van der Waals surface area contributed by atoms with Crippen LogP contribution in [0.2, 0.25) is 0 Å². The number of carbonyl (C=O) groups excluding carboxylic acids is 1. The molecule has 0 spiro atoms. The highest BCUT2D eigenvalue weighted by atomic mass is 19.1. The zero-order chi connectivity index (χ0) is 22.0. The van der Waals surface area contributed by atoms with Crippen molar-refractivity contribution in [2.24, 2.45) is 0 Å². The standard InChI is InChI=1S/C15H24.C12H15FO2.H2O/c1-3-4-5-6-7-8-9-15-12-10-14(2)11-13-15;1-2-3-4-5-10-6-7-12(15-9-14)11(13)8-10;/h10-13H,3-9H2,1-2H3;6-9H,2-5H2,1H3;1H2. The summed E-state index contributed by atoms with van der Waals surface area (Å²) in [4.78, 5) is 10.0. The molecular formula is C27H41FO3. The molecule has 0 fully saturated rings. The van der Waals surface area contributed by atoms with Crippen molar-refractivity contribution in [3.63, 3.8) is 0 Å². The molecule has 0 unspecified atom stereocenters. The summed E-state index contributed by atoms with van der Waals surface area (Å²) in [5.41, 5.74) is 3.80. The van der Waals surface area contributed by atoms with Gasteiger partial charge in [0.2, 0.25) is 0 Å². The number of benzene rings is 2. The van der Waals surface area contributed by atoms with Crippen LogP contribution in [0.5, 0.6) is 5.75 Å². The number of hydrogen-bond donors (Lipinski definition) is 0. The van der Waals surface area contributed by atoms with Gasteiger partial charge in [-0.05, 0) is 55.9 Å². The Morgan fingerprint density at radius 1 is 0.774 bits per heavy atom. The first-order valence-corrected chi connectivity index (χ1v) is 11.5. The molecule has 0 aliphatic heterocycles. The van der Waals surface area contributed by atoms with Crippen LogP contribution in [0.25, 0.3) is 0 Å². The van der Waals surface area contributed by atoms with Crippen LogP contribution in [-0.2, 0) is 17.6 Å². The van der Waals surface area contributed by atoms with E-state index in [1.807, 2.05) is 0 Å². The molecule has 2 N–H and O–H groups in total. The minimum Gasteiger partial charge on any atom is -0.426 e. The predicted octanol–water partition coefficient (Wildman–Crippen LogP) is 7.17. The lowest BCUT2D eigenvalue weighted by atomic mass is 10.0. The molecular weight excluding hydrogens is 391 g/mol. The van der Waals surface area contributed by atoms with E-state index in [1.165, 1.54) is 68.2 Å². The van der Waals surface area contributed by atoms with Crippen molar-refractivity contribution in [1.82, 2.24) is 0 Å². The molecule has 0 saturated heterocycles. The summed E-state index contributed by atoms with van der Waals surface area (Å²) in [6, 6.07) is 13.7. The van der Waals surface area contributed by atoms with Crippen LogP contribution in [0.1, 0.15) is 88.3 Å². The van der Waals surface area contributed by atoms with Gasteiger partial charge in [0.1, 0.15) is 0 Å². The van der Waals surface area contributed by atoms with Crippen molar-refractivity contribution in [2.45, 2.75) is 91.4 Å². The van der Waals surface area contributed by atoms with Gasteiger partial charge in [-0.1, -0.05) is 94.7 Å². The van der Waals surface area contributed by atoms with E-state index in [4.69, 9.17) is 0 Å². The minimum atomic E-state index is -0.476. The summed E-state index contributed by atoms with van der Waals surface area (Å²) in [6.45, 7) is 6.78. The molecule has 0 aliphatic rings. The molecule has 4 heteroatoms. The van der Waals surface area contributed by atoms with Gasteiger partial charge >= 0.3 is 0 Å². The van der Waals surface area contributed by atoms with E-state index in [-0.39, 0.29) is 17.7 Å². The SMILES string of the molecule is CCCCCCCCc1ccc(C)cc1.CCCCCc1ccc(OC=O)c(F)c1.O. The maximum absolute atomic E-state index is 13.3. The Bertz CT molecular complexity index is 698. The second-order valence-corrected chi connectivity index (χ2v) is 7.94. The van der Waals surface area contributed by atoms with Crippen LogP contribution < -0.4 is 4.74 Å². The smallest absolute Gasteiger partial charge is 0.298 e. The first-order valence-electron chi connectivity index (χ1n) is 11.5. The van der Waals surface area contributed by atoms with Crippen molar-refractivity contribution in [3.8, 4) is 5.75 Å². The largest absolute Gasteiger partial charge is 0.426 e. The maximum atomic E-state index is 13.3. The average molecular weight is 433 g/mol. The first kappa shape index (κ1) is 28.8. The Labute approximate surface area is 188 Å². The van der Waals surface area contributed by atoms with Gasteiger partial charge in [0, 0.05) is 0 Å². The van der Waals surface area contributed by atoms with Gasteiger partial charge in [-0.3, -0.25) is 4.79 Å². The molecule has 0 aliphatic carbocycles. The Hall–Kier alpha value is -2.20. The molecule has 31 heavy (non-hydrogen) atoms. The Kier molecular flexibility index (Phi) is 17.2. The highest BCUT2D eigenvalue weighted by molar-refractivity contribution is 5.45. The molecule has 174 valence electrons. The van der Waals surface area contributed by atoms with Crippen LogP contribution in [0, 0.1) is 12.7 Å². The third kappa shape index (κ3) is 13.7. The van der Waals surface area contributed by atoms with Gasteiger partial charge in [0.05, 0.1) is 0 Å². The third-order valence-electron chi connectivity index (χ3n) is 5.18. The predicted molar refractivity (Wildman–Crippen MR) is 128 cm³/mol. The van der Waals surface area contributed by atoms with E-state index in [9.17, 15) is 9.18 Å². The van der Waals surface area contributed by atoms with Crippen molar-refractivity contribution >= 4 is 6.47 Å². The van der Waals surface area contributed by atoms with Crippen LogP contribution in [-0.4, -0.2) is 11.9 Å². The third-order valence-corrected chi connectivity index (χ3v) is 5.18. The summed E-state index contributed by atoms with van der Waals surface area (Å²) < 4.78 is 17.7. The number of ether oxygens (including phenoxy) is 1. The zero-order valence-electron chi connectivity index (χ0n) is 19.6. The summed E-state index contributed by atoms with van der Waals surface area (Å²) in [5.74, 6) is -0.486. The zero-order valence-corrected chi connectivity index (χ0v) is 19.6. The van der Waals surface area contributed by atoms with Crippen LogP contribution in [0.4, 0.5) is 4.39 Å². The summed E-state index contributed by atoms with van der Waals surface area (Å²) in [7, 11) is 0. The van der Waals surface area contributed by atoms with Crippen molar-refractivity contribution in [3.05, 3.63) is 65.0 Å². The van der Waals surface area contributed by atoms with Crippen LogP contribution in [0.3, 0.4) is 0 Å². The summed E-state index contributed by atoms with van der Waals surface area (Å²) >= 11 is 0. The molecule has 2 aromatic rings. The van der Waals surface area contributed by atoms with Crippen molar-refractivity contribution in [1.29, 1.82) is 0 Å². The van der Waals surface area contributed by atoms with Crippen molar-refractivity contribution < 1.29 is 19.4 Å². The summed E-state index contributed by atoms with van der Waals surface area (Å²) in [6.07, 6.45) is 13.8. The topological polar surface area (TPSA) is 57.8 Å². The Morgan fingerprint density at radius 2 is 1.29 bits per heavy atom. The molecule has 0 bridgehead atoms. The number of unbranched alkanes of at least 4 members (excludes halogenated alkanes) is 7. The van der Waals surface area contributed by atoms with E-state index >= 15 is 0 Å². The highest BCUT2D eigenvalue weighted by Crippen LogP contribution is 2.19. The fourth-order valence-electron chi connectivity index (χ4n) is 3.29. The van der Waals surface area contributed by atoms with E-state index in [0.717, 1.165) is 31.2 Å². The molecule has 3 nitrogen and oxygen atoms in total. The van der Waals surface area contributed by atoms with Gasteiger partial charge < -0.3 is 10.2 Å². The number of halogens is 1. The van der Waals surface area contributed by atoms with Crippen LogP contribution >= 0.6 is 0 Å². The van der Waals surface area contributed by atoms with Crippen LogP contribution in [0.15, 0.2) is 42.5 Å². The van der Waals surface area contributed by atoms with Gasteiger partial charge in [-0.2, -0.15) is 0 Å². The van der Waals surface area contributed by atoms with E-state index < -0.39 is 5.82 Å². The quantitative estimate of drug-likeness (QED) is 0.249. The number of hydrogen-bond acceptors (Lipinski definition) is 2. The van der Waals surface area contributed by atoms with Crippen molar-refractivity contribution in [2.75, 3.05) is 0 Å². The fourth-order valence-corrected chi connectivity index (χ4v) is 3.29. The molecule has 0 aromatic heterocycles. The van der Waals surface area contributed by atoms with E-state index in [1.54, 1.807) is 6.07 Å². The monoisotopic (exact) mass is 432 g/mol. The summed E-state index contributed by atoms with van der Waals surface area (Å²) in [5, 5.41) is 0. The first-order chi connectivity index (χ1) is 14.6. The average Bonchev–Trinajstić information content (AvgIpc) is 2.75.